The molecule has 5 nitrogen and oxygen atoms in total. The van der Waals surface area contributed by atoms with E-state index >= 15 is 0 Å². The van der Waals surface area contributed by atoms with E-state index in [2.05, 4.69) is 15.7 Å². The number of amides is 1. The molecule has 132 valence electrons. The van der Waals surface area contributed by atoms with Gasteiger partial charge in [0.25, 0.3) is 5.91 Å². The Kier molecular flexibility index (Phi) is 8.25. The molecular weight excluding hydrogens is 347 g/mol. The summed E-state index contributed by atoms with van der Waals surface area (Å²) in [4.78, 5) is 12.4. The number of carbonyl (C=O) groups is 1. The Bertz CT molecular complexity index is 670. The molecule has 1 aromatic carbocycles. The highest BCUT2D eigenvalue weighted by Gasteiger charge is 2.20. The summed E-state index contributed by atoms with van der Waals surface area (Å²) in [5.74, 6) is 0.0610. The van der Waals surface area contributed by atoms with E-state index in [0.29, 0.717) is 17.1 Å². The molecule has 1 aromatic heterocycles. The molecular formula is C17H24Cl2N4O. The molecule has 0 aliphatic carbocycles. The zero-order valence-corrected chi connectivity index (χ0v) is 15.7. The van der Waals surface area contributed by atoms with Gasteiger partial charge in [-0.2, -0.15) is 5.10 Å². The van der Waals surface area contributed by atoms with Crippen LogP contribution in [-0.2, 0) is 0 Å². The fourth-order valence-electron chi connectivity index (χ4n) is 2.44. The van der Waals surface area contributed by atoms with Gasteiger partial charge in [0.05, 0.1) is 23.1 Å². The summed E-state index contributed by atoms with van der Waals surface area (Å²) in [5.41, 5.74) is 2.34. The Morgan fingerprint density at radius 1 is 1.33 bits per heavy atom. The van der Waals surface area contributed by atoms with Crippen LogP contribution in [0.15, 0.2) is 30.5 Å². The predicted molar refractivity (Wildman–Crippen MR) is 101 cm³/mol. The summed E-state index contributed by atoms with van der Waals surface area (Å²) in [5, 5.41) is 11.1. The molecule has 0 saturated heterocycles. The van der Waals surface area contributed by atoms with Gasteiger partial charge in [0, 0.05) is 18.1 Å². The van der Waals surface area contributed by atoms with Crippen LogP contribution in [0.25, 0.3) is 5.69 Å². The first-order valence-corrected chi connectivity index (χ1v) is 8.25. The van der Waals surface area contributed by atoms with Gasteiger partial charge in [0.1, 0.15) is 0 Å². The molecule has 1 heterocycles. The Morgan fingerprint density at radius 3 is 2.71 bits per heavy atom. The van der Waals surface area contributed by atoms with Gasteiger partial charge in [0.15, 0.2) is 0 Å². The van der Waals surface area contributed by atoms with Crippen molar-refractivity contribution >= 4 is 29.9 Å². The van der Waals surface area contributed by atoms with Gasteiger partial charge in [0.2, 0.25) is 0 Å². The van der Waals surface area contributed by atoms with Crippen molar-refractivity contribution in [3.8, 4) is 5.69 Å². The van der Waals surface area contributed by atoms with Crippen LogP contribution >= 0.6 is 24.0 Å². The van der Waals surface area contributed by atoms with E-state index in [1.807, 2.05) is 45.0 Å². The van der Waals surface area contributed by atoms with Crippen LogP contribution in [0, 0.1) is 0 Å². The van der Waals surface area contributed by atoms with Gasteiger partial charge in [-0.05, 0) is 30.7 Å². The van der Waals surface area contributed by atoms with Gasteiger partial charge in [-0.1, -0.05) is 38.4 Å². The van der Waals surface area contributed by atoms with E-state index in [1.54, 1.807) is 10.9 Å². The van der Waals surface area contributed by atoms with E-state index in [4.69, 9.17) is 11.6 Å². The Hall–Kier alpha value is -1.56. The summed E-state index contributed by atoms with van der Waals surface area (Å²) >= 11 is 6.07. The topological polar surface area (TPSA) is 58.9 Å². The van der Waals surface area contributed by atoms with Gasteiger partial charge >= 0.3 is 0 Å². The number of aromatic nitrogens is 2. The average molecular weight is 371 g/mol. The Balaban J connectivity index is 0.00000288. The third-order valence-electron chi connectivity index (χ3n) is 3.49. The van der Waals surface area contributed by atoms with Crippen molar-refractivity contribution in [2.24, 2.45) is 0 Å². The molecule has 0 atom stereocenters. The summed E-state index contributed by atoms with van der Waals surface area (Å²) in [6, 6.07) is 7.46. The number of nitrogens with one attached hydrogen (secondary N) is 2. The number of carbonyl (C=O) groups excluding carboxylic acids is 1. The monoisotopic (exact) mass is 370 g/mol. The smallest absolute Gasteiger partial charge is 0.254 e. The summed E-state index contributed by atoms with van der Waals surface area (Å²) in [7, 11) is 0. The van der Waals surface area contributed by atoms with E-state index in [9.17, 15) is 4.79 Å². The summed E-state index contributed by atoms with van der Waals surface area (Å²) in [6.07, 6.45) is 1.62. The van der Waals surface area contributed by atoms with E-state index < -0.39 is 0 Å². The molecule has 7 heteroatoms. The number of nitrogens with zero attached hydrogens (tertiary/aromatic N) is 2. The number of hydrogen-bond acceptors (Lipinski definition) is 3. The van der Waals surface area contributed by atoms with Crippen molar-refractivity contribution in [3.63, 3.8) is 0 Å². The van der Waals surface area contributed by atoms with Crippen LogP contribution in [-0.4, -0.2) is 35.3 Å². The fraction of sp³-hybridized carbons (Fsp3) is 0.412. The number of benzene rings is 1. The summed E-state index contributed by atoms with van der Waals surface area (Å²) < 4.78 is 1.79. The molecule has 0 saturated carbocycles. The molecule has 2 rings (SSSR count). The van der Waals surface area contributed by atoms with Crippen molar-refractivity contribution in [2.75, 3.05) is 19.6 Å². The standard InChI is InChI=1S/C17H23ClN4O.ClH/c1-4-19-8-9-20-17(23)15-11-21-22(16(15)12(2)3)14-7-5-6-13(18)10-14;/h5-7,10-12,19H,4,8-9H2,1-3H3,(H,20,23);1H. The first-order chi connectivity index (χ1) is 11.0. The minimum atomic E-state index is -0.0973. The normalized spacial score (nSPS) is 10.5. The molecule has 2 N–H and O–H groups in total. The Morgan fingerprint density at radius 2 is 2.08 bits per heavy atom. The van der Waals surface area contributed by atoms with E-state index in [-0.39, 0.29) is 24.2 Å². The minimum absolute atomic E-state index is 0. The molecule has 0 spiro atoms. The maximum absolute atomic E-state index is 12.4. The van der Waals surface area contributed by atoms with E-state index in [1.165, 1.54) is 0 Å². The number of hydrogen-bond donors (Lipinski definition) is 2. The first-order valence-electron chi connectivity index (χ1n) is 7.87. The molecule has 0 fully saturated rings. The van der Waals surface area contributed by atoms with Gasteiger partial charge < -0.3 is 10.6 Å². The number of rotatable bonds is 7. The summed E-state index contributed by atoms with van der Waals surface area (Å²) in [6.45, 7) is 8.36. The average Bonchev–Trinajstić information content (AvgIpc) is 2.96. The highest BCUT2D eigenvalue weighted by molar-refractivity contribution is 6.30. The van der Waals surface area contributed by atoms with Crippen LogP contribution in [0.3, 0.4) is 0 Å². The fourth-order valence-corrected chi connectivity index (χ4v) is 2.62. The zero-order chi connectivity index (χ0) is 16.8. The van der Waals surface area contributed by atoms with Crippen molar-refractivity contribution in [1.82, 2.24) is 20.4 Å². The van der Waals surface area contributed by atoms with Crippen LogP contribution in [0.4, 0.5) is 0 Å². The molecule has 0 aliphatic heterocycles. The molecule has 0 radical (unpaired) electrons. The Labute approximate surface area is 154 Å². The second-order valence-corrected chi connectivity index (χ2v) is 6.04. The van der Waals surface area contributed by atoms with Crippen LogP contribution < -0.4 is 10.6 Å². The molecule has 0 bridgehead atoms. The minimum Gasteiger partial charge on any atom is -0.351 e. The molecule has 0 aliphatic rings. The van der Waals surface area contributed by atoms with Crippen molar-refractivity contribution in [2.45, 2.75) is 26.7 Å². The molecule has 24 heavy (non-hydrogen) atoms. The van der Waals surface area contributed by atoms with Crippen LogP contribution in [0.1, 0.15) is 42.7 Å². The van der Waals surface area contributed by atoms with E-state index in [0.717, 1.165) is 24.5 Å². The molecule has 1 amide bonds. The SMILES string of the molecule is CCNCCNC(=O)c1cnn(-c2cccc(Cl)c2)c1C(C)C.Cl. The van der Waals surface area contributed by atoms with Crippen LogP contribution in [0.2, 0.25) is 5.02 Å². The third kappa shape index (κ3) is 4.97. The van der Waals surface area contributed by atoms with Gasteiger partial charge in [-0.3, -0.25) is 4.79 Å². The number of likely N-dealkylation sites (N-methyl/N-ethyl adjacent to an activating group) is 1. The lowest BCUT2D eigenvalue weighted by atomic mass is 10.1. The number of halogens is 2. The third-order valence-corrected chi connectivity index (χ3v) is 3.72. The highest BCUT2D eigenvalue weighted by Crippen LogP contribution is 2.24. The lowest BCUT2D eigenvalue weighted by Gasteiger charge is -2.13. The molecule has 2 aromatic rings. The van der Waals surface area contributed by atoms with Crippen molar-refractivity contribution in [3.05, 3.63) is 46.7 Å². The quantitative estimate of drug-likeness (QED) is 0.734. The molecule has 0 unspecified atom stereocenters. The maximum Gasteiger partial charge on any atom is 0.254 e. The lowest BCUT2D eigenvalue weighted by molar-refractivity contribution is 0.0952. The predicted octanol–water partition coefficient (Wildman–Crippen LogP) is 3.41. The first kappa shape index (κ1) is 20.5. The lowest BCUT2D eigenvalue weighted by Crippen LogP contribution is -2.32. The van der Waals surface area contributed by atoms with Gasteiger partial charge in [-0.25, -0.2) is 4.68 Å². The maximum atomic E-state index is 12.4. The second kappa shape index (κ2) is 9.67. The highest BCUT2D eigenvalue weighted by atomic mass is 35.5. The second-order valence-electron chi connectivity index (χ2n) is 5.60. The zero-order valence-electron chi connectivity index (χ0n) is 14.2. The largest absolute Gasteiger partial charge is 0.351 e. The van der Waals surface area contributed by atoms with Crippen molar-refractivity contribution < 1.29 is 4.79 Å². The van der Waals surface area contributed by atoms with Crippen LogP contribution in [0.5, 0.6) is 0 Å². The van der Waals surface area contributed by atoms with Gasteiger partial charge in [-0.15, -0.1) is 12.4 Å². The van der Waals surface area contributed by atoms with Crippen molar-refractivity contribution in [1.29, 1.82) is 0 Å².